The standard InChI is InChI=1S/C10H10BF4O2.K/c12-9-2-1-7(11(13,14)15)5-10(9)17-8-3-4-16-6-8;/h1-2,5,8H,3-4,6H2;/q-1;+1. The van der Waals surface area contributed by atoms with Gasteiger partial charge in [0.2, 0.25) is 0 Å². The van der Waals surface area contributed by atoms with Crippen molar-refractivity contribution in [1.29, 1.82) is 0 Å². The Labute approximate surface area is 145 Å². The van der Waals surface area contributed by atoms with Crippen molar-refractivity contribution < 1.29 is 78.2 Å². The fourth-order valence-corrected chi connectivity index (χ4v) is 1.60. The van der Waals surface area contributed by atoms with E-state index in [1.807, 2.05) is 0 Å². The van der Waals surface area contributed by atoms with E-state index in [1.54, 1.807) is 0 Å². The van der Waals surface area contributed by atoms with Crippen molar-refractivity contribution in [2.24, 2.45) is 0 Å². The first-order chi connectivity index (χ1) is 7.97. The molecule has 0 aliphatic carbocycles. The summed E-state index contributed by atoms with van der Waals surface area (Å²) in [4.78, 5) is 0. The molecule has 1 aliphatic rings. The van der Waals surface area contributed by atoms with Gasteiger partial charge in [-0.1, -0.05) is 6.07 Å². The van der Waals surface area contributed by atoms with Gasteiger partial charge in [0.05, 0.1) is 13.2 Å². The third kappa shape index (κ3) is 4.21. The van der Waals surface area contributed by atoms with Crippen molar-refractivity contribution >= 4 is 12.4 Å². The van der Waals surface area contributed by atoms with Gasteiger partial charge in [-0.15, -0.1) is 5.46 Å². The van der Waals surface area contributed by atoms with E-state index in [2.05, 4.69) is 0 Å². The van der Waals surface area contributed by atoms with Crippen molar-refractivity contribution in [3.63, 3.8) is 0 Å². The van der Waals surface area contributed by atoms with Crippen molar-refractivity contribution in [3.8, 4) is 5.75 Å². The molecule has 8 heteroatoms. The van der Waals surface area contributed by atoms with Gasteiger partial charge >= 0.3 is 58.4 Å². The van der Waals surface area contributed by atoms with Crippen LogP contribution in [0.4, 0.5) is 17.3 Å². The third-order valence-corrected chi connectivity index (χ3v) is 2.51. The smallest absolute Gasteiger partial charge is 0.485 e. The molecule has 1 heterocycles. The largest absolute Gasteiger partial charge is 1.00 e. The van der Waals surface area contributed by atoms with E-state index in [0.717, 1.165) is 6.07 Å². The van der Waals surface area contributed by atoms with Crippen LogP contribution < -0.4 is 61.6 Å². The molecule has 1 unspecified atom stereocenters. The van der Waals surface area contributed by atoms with Crippen LogP contribution in [0.3, 0.4) is 0 Å². The predicted octanol–water partition coefficient (Wildman–Crippen LogP) is -0.948. The fourth-order valence-electron chi connectivity index (χ4n) is 1.60. The molecule has 0 spiro atoms. The molecule has 1 saturated heterocycles. The molecule has 0 radical (unpaired) electrons. The van der Waals surface area contributed by atoms with Crippen LogP contribution >= 0.6 is 0 Å². The maximum absolute atomic E-state index is 13.3. The minimum absolute atomic E-state index is 0. The molecule has 0 amide bonds. The van der Waals surface area contributed by atoms with Gasteiger partial charge < -0.3 is 22.4 Å². The second-order valence-corrected chi connectivity index (χ2v) is 3.87. The first-order valence-corrected chi connectivity index (χ1v) is 5.20. The average molecular weight is 288 g/mol. The first kappa shape index (κ1) is 16.5. The van der Waals surface area contributed by atoms with E-state index in [4.69, 9.17) is 9.47 Å². The molecule has 1 aliphatic heterocycles. The number of benzene rings is 1. The van der Waals surface area contributed by atoms with Gasteiger partial charge in [0, 0.05) is 6.42 Å². The zero-order valence-corrected chi connectivity index (χ0v) is 13.0. The van der Waals surface area contributed by atoms with Crippen LogP contribution in [0.25, 0.3) is 0 Å². The van der Waals surface area contributed by atoms with E-state index >= 15 is 0 Å². The molecule has 1 aromatic rings. The normalized spacial score (nSPS) is 19.4. The van der Waals surface area contributed by atoms with Gasteiger partial charge in [-0.2, -0.15) is 0 Å². The number of rotatable bonds is 3. The Hall–Kier alpha value is 0.401. The van der Waals surface area contributed by atoms with E-state index < -0.39 is 18.3 Å². The van der Waals surface area contributed by atoms with Gasteiger partial charge in [0.1, 0.15) is 6.10 Å². The number of ether oxygens (including phenoxy) is 2. The van der Waals surface area contributed by atoms with E-state index in [1.165, 1.54) is 0 Å². The van der Waals surface area contributed by atoms with Crippen LogP contribution in [-0.4, -0.2) is 26.3 Å². The molecular weight excluding hydrogens is 278 g/mol. The minimum Gasteiger partial charge on any atom is -0.485 e. The Morgan fingerprint density at radius 3 is 2.56 bits per heavy atom. The Balaban J connectivity index is 0.00000162. The second kappa shape index (κ2) is 6.72. The molecular formula is C10H10BF4KO2. The first-order valence-electron chi connectivity index (χ1n) is 5.20. The van der Waals surface area contributed by atoms with Gasteiger partial charge in [-0.25, -0.2) is 4.39 Å². The van der Waals surface area contributed by atoms with Gasteiger partial charge in [0.15, 0.2) is 11.6 Å². The van der Waals surface area contributed by atoms with Crippen molar-refractivity contribution in [1.82, 2.24) is 0 Å². The summed E-state index contributed by atoms with van der Waals surface area (Å²) in [6.07, 6.45) is 0.182. The summed E-state index contributed by atoms with van der Waals surface area (Å²) in [7, 11) is 0. The Morgan fingerprint density at radius 2 is 2.00 bits per heavy atom. The molecule has 0 saturated carbocycles. The zero-order chi connectivity index (χ0) is 12.5. The summed E-state index contributed by atoms with van der Waals surface area (Å²) < 4.78 is 60.9. The summed E-state index contributed by atoms with van der Waals surface area (Å²) in [6, 6.07) is 2.19. The number of hydrogen-bond donors (Lipinski definition) is 0. The molecule has 0 aromatic heterocycles. The molecule has 1 aromatic carbocycles. The molecule has 2 nitrogen and oxygen atoms in total. The average Bonchev–Trinajstić information content (AvgIpc) is 2.72. The van der Waals surface area contributed by atoms with Crippen molar-refractivity contribution in [2.45, 2.75) is 12.5 Å². The Kier molecular flexibility index (Phi) is 6.14. The maximum atomic E-state index is 13.3. The molecule has 94 valence electrons. The molecule has 0 N–H and O–H groups in total. The van der Waals surface area contributed by atoms with Crippen LogP contribution in [0.5, 0.6) is 5.75 Å². The summed E-state index contributed by atoms with van der Waals surface area (Å²) >= 11 is 0. The monoisotopic (exact) mass is 288 g/mol. The molecule has 2 rings (SSSR count). The maximum Gasteiger partial charge on any atom is 1.00 e. The van der Waals surface area contributed by atoms with Crippen molar-refractivity contribution in [2.75, 3.05) is 13.2 Å². The Bertz CT molecular complexity index is 407. The molecule has 1 atom stereocenters. The summed E-state index contributed by atoms with van der Waals surface area (Å²) in [5.41, 5.74) is -0.861. The van der Waals surface area contributed by atoms with Crippen LogP contribution in [0.15, 0.2) is 18.2 Å². The van der Waals surface area contributed by atoms with Crippen LogP contribution in [0.2, 0.25) is 0 Å². The van der Waals surface area contributed by atoms with Crippen LogP contribution in [0, 0.1) is 5.82 Å². The van der Waals surface area contributed by atoms with Gasteiger partial charge in [0.25, 0.3) is 0 Å². The third-order valence-electron chi connectivity index (χ3n) is 2.51. The van der Waals surface area contributed by atoms with Gasteiger partial charge in [-0.3, -0.25) is 0 Å². The molecule has 18 heavy (non-hydrogen) atoms. The number of hydrogen-bond acceptors (Lipinski definition) is 2. The molecule has 0 bridgehead atoms. The Morgan fingerprint density at radius 1 is 1.28 bits per heavy atom. The SMILES string of the molecule is Fc1ccc([B-](F)(F)F)cc1OC1CCOC1.[K+]. The number of halogens is 4. The topological polar surface area (TPSA) is 18.5 Å². The molecule has 1 fully saturated rings. The summed E-state index contributed by atoms with van der Waals surface area (Å²) in [5.74, 6) is -1.15. The minimum atomic E-state index is -5.14. The van der Waals surface area contributed by atoms with Crippen LogP contribution in [0.1, 0.15) is 6.42 Å². The summed E-state index contributed by atoms with van der Waals surface area (Å²) in [6.45, 7) is -4.38. The second-order valence-electron chi connectivity index (χ2n) is 3.87. The summed E-state index contributed by atoms with van der Waals surface area (Å²) in [5, 5.41) is 0. The van der Waals surface area contributed by atoms with Crippen LogP contribution in [-0.2, 0) is 4.74 Å². The van der Waals surface area contributed by atoms with Gasteiger partial charge in [-0.05, 0) is 12.1 Å². The zero-order valence-electron chi connectivity index (χ0n) is 9.84. The van der Waals surface area contributed by atoms with E-state index in [0.29, 0.717) is 25.2 Å². The van der Waals surface area contributed by atoms with Crippen molar-refractivity contribution in [3.05, 3.63) is 24.0 Å². The fraction of sp³-hybridized carbons (Fsp3) is 0.400. The van der Waals surface area contributed by atoms with E-state index in [9.17, 15) is 17.3 Å². The predicted molar refractivity (Wildman–Crippen MR) is 55.0 cm³/mol. The quantitative estimate of drug-likeness (QED) is 0.527. The van der Waals surface area contributed by atoms with E-state index in [-0.39, 0.29) is 69.8 Å².